The zero-order valence-corrected chi connectivity index (χ0v) is 15.3. The van der Waals surface area contributed by atoms with Crippen LogP contribution in [0.1, 0.15) is 40.6 Å². The summed E-state index contributed by atoms with van der Waals surface area (Å²) in [6.07, 6.45) is 3.20. The van der Waals surface area contributed by atoms with E-state index >= 15 is 0 Å². The van der Waals surface area contributed by atoms with E-state index in [1.165, 1.54) is 23.5 Å². The van der Waals surface area contributed by atoms with Crippen molar-refractivity contribution in [3.63, 3.8) is 0 Å². The molecule has 1 aromatic heterocycles. The van der Waals surface area contributed by atoms with Crippen LogP contribution in [0.25, 0.3) is 0 Å². The lowest BCUT2D eigenvalue weighted by atomic mass is 10.1. The summed E-state index contributed by atoms with van der Waals surface area (Å²) >= 11 is 1.27. The third-order valence-electron chi connectivity index (χ3n) is 3.91. The van der Waals surface area contributed by atoms with Crippen LogP contribution in [0, 0.1) is 5.82 Å². The van der Waals surface area contributed by atoms with Gasteiger partial charge in [-0.05, 0) is 55.5 Å². The number of aryl methyl sites for hydroxylation is 1. The SMILES string of the molecule is CCCOC(=O)c1c(NS(=O)(=O)c2ccc(F)cc2)sc2c1CCC2. The highest BCUT2D eigenvalue weighted by Crippen LogP contribution is 2.40. The first-order valence-corrected chi connectivity index (χ1v) is 10.3. The van der Waals surface area contributed by atoms with Gasteiger partial charge in [0.05, 0.1) is 17.1 Å². The van der Waals surface area contributed by atoms with E-state index in [2.05, 4.69) is 4.72 Å². The maximum Gasteiger partial charge on any atom is 0.341 e. The van der Waals surface area contributed by atoms with E-state index < -0.39 is 21.8 Å². The van der Waals surface area contributed by atoms with Crippen LogP contribution in [0.4, 0.5) is 9.39 Å². The van der Waals surface area contributed by atoms with Gasteiger partial charge in [0.2, 0.25) is 0 Å². The number of hydrogen-bond donors (Lipinski definition) is 1. The fourth-order valence-electron chi connectivity index (χ4n) is 2.75. The second kappa shape index (κ2) is 7.13. The molecule has 1 heterocycles. The molecule has 0 bridgehead atoms. The Morgan fingerprint density at radius 1 is 1.28 bits per heavy atom. The van der Waals surface area contributed by atoms with Crippen molar-refractivity contribution in [3.8, 4) is 0 Å². The highest BCUT2D eigenvalue weighted by molar-refractivity contribution is 7.93. The number of benzene rings is 1. The lowest BCUT2D eigenvalue weighted by Crippen LogP contribution is -2.16. The summed E-state index contributed by atoms with van der Waals surface area (Å²) in [5.41, 5.74) is 1.19. The van der Waals surface area contributed by atoms with Crippen LogP contribution < -0.4 is 4.72 Å². The van der Waals surface area contributed by atoms with Crippen LogP contribution >= 0.6 is 11.3 Å². The van der Waals surface area contributed by atoms with Crippen LogP contribution in [0.15, 0.2) is 29.2 Å². The highest BCUT2D eigenvalue weighted by Gasteiger charge is 2.29. The summed E-state index contributed by atoms with van der Waals surface area (Å²) in [5.74, 6) is -1.02. The summed E-state index contributed by atoms with van der Waals surface area (Å²) < 4.78 is 45.8. The van der Waals surface area contributed by atoms with Gasteiger partial charge in [-0.3, -0.25) is 4.72 Å². The summed E-state index contributed by atoms with van der Waals surface area (Å²) in [6, 6.07) is 4.54. The van der Waals surface area contributed by atoms with E-state index in [4.69, 9.17) is 4.74 Å². The Morgan fingerprint density at radius 3 is 2.68 bits per heavy atom. The smallest absolute Gasteiger partial charge is 0.341 e. The van der Waals surface area contributed by atoms with E-state index in [0.29, 0.717) is 12.0 Å². The summed E-state index contributed by atoms with van der Waals surface area (Å²) in [7, 11) is -3.91. The predicted molar refractivity (Wildman–Crippen MR) is 94.1 cm³/mol. The Morgan fingerprint density at radius 2 is 2.00 bits per heavy atom. The molecule has 0 aliphatic heterocycles. The van der Waals surface area contributed by atoms with E-state index in [1.54, 1.807) is 0 Å². The van der Waals surface area contributed by atoms with Crippen LogP contribution in [0.2, 0.25) is 0 Å². The molecule has 1 aromatic carbocycles. The number of anilines is 1. The molecule has 1 aliphatic carbocycles. The molecule has 8 heteroatoms. The van der Waals surface area contributed by atoms with Crippen molar-refractivity contribution < 1.29 is 22.3 Å². The van der Waals surface area contributed by atoms with Gasteiger partial charge in [0.1, 0.15) is 10.8 Å². The number of ether oxygens (including phenoxy) is 1. The van der Waals surface area contributed by atoms with Crippen LogP contribution in [0.3, 0.4) is 0 Å². The van der Waals surface area contributed by atoms with E-state index in [-0.39, 0.29) is 16.5 Å². The van der Waals surface area contributed by atoms with Crippen molar-refractivity contribution in [1.29, 1.82) is 0 Å². The van der Waals surface area contributed by atoms with Crippen molar-refractivity contribution in [2.24, 2.45) is 0 Å². The number of nitrogens with one attached hydrogen (secondary N) is 1. The molecule has 0 unspecified atom stereocenters. The van der Waals surface area contributed by atoms with Gasteiger partial charge in [-0.1, -0.05) is 6.92 Å². The van der Waals surface area contributed by atoms with Crippen molar-refractivity contribution in [1.82, 2.24) is 0 Å². The molecule has 1 N–H and O–H groups in total. The van der Waals surface area contributed by atoms with Gasteiger partial charge >= 0.3 is 5.97 Å². The average molecular weight is 383 g/mol. The first-order valence-electron chi connectivity index (χ1n) is 8.02. The predicted octanol–water partition coefficient (Wildman–Crippen LogP) is 3.74. The van der Waals surface area contributed by atoms with Crippen molar-refractivity contribution >= 4 is 32.3 Å². The number of carbonyl (C=O) groups is 1. The van der Waals surface area contributed by atoms with Gasteiger partial charge in [0.15, 0.2) is 0 Å². The number of rotatable bonds is 6. The van der Waals surface area contributed by atoms with Crippen molar-refractivity contribution in [2.45, 2.75) is 37.5 Å². The molecule has 1 aliphatic rings. The normalized spacial score (nSPS) is 13.5. The molecule has 0 spiro atoms. The number of halogens is 1. The molecule has 3 rings (SSSR count). The maximum atomic E-state index is 13.0. The second-order valence-corrected chi connectivity index (χ2v) is 8.54. The quantitative estimate of drug-likeness (QED) is 0.771. The van der Waals surface area contributed by atoms with Gasteiger partial charge in [-0.15, -0.1) is 11.3 Å². The number of carbonyl (C=O) groups excluding carboxylic acids is 1. The fourth-order valence-corrected chi connectivity index (χ4v) is 5.34. The minimum Gasteiger partial charge on any atom is -0.462 e. The number of hydrogen-bond acceptors (Lipinski definition) is 5. The molecule has 0 atom stereocenters. The highest BCUT2D eigenvalue weighted by atomic mass is 32.2. The Bertz CT molecular complexity index is 888. The largest absolute Gasteiger partial charge is 0.462 e. The fraction of sp³-hybridized carbons (Fsp3) is 0.353. The molecule has 0 amide bonds. The average Bonchev–Trinajstić information content (AvgIpc) is 3.13. The molecule has 0 fully saturated rings. The van der Waals surface area contributed by atoms with Gasteiger partial charge in [-0.25, -0.2) is 17.6 Å². The number of thiophene rings is 1. The maximum absolute atomic E-state index is 13.0. The topological polar surface area (TPSA) is 72.5 Å². The van der Waals surface area contributed by atoms with Gasteiger partial charge in [0, 0.05) is 4.88 Å². The Balaban J connectivity index is 1.94. The first kappa shape index (κ1) is 17.9. The third kappa shape index (κ3) is 3.69. The molecule has 0 saturated heterocycles. The van der Waals surface area contributed by atoms with Crippen LogP contribution in [0.5, 0.6) is 0 Å². The van der Waals surface area contributed by atoms with Crippen LogP contribution in [-0.4, -0.2) is 21.0 Å². The Hall–Kier alpha value is -1.93. The summed E-state index contributed by atoms with van der Waals surface area (Å²) in [5, 5.41) is 0.273. The molecular formula is C17H18FNO4S2. The molecule has 5 nitrogen and oxygen atoms in total. The lowest BCUT2D eigenvalue weighted by molar-refractivity contribution is 0.0506. The number of esters is 1. The molecule has 0 radical (unpaired) electrons. The van der Waals surface area contributed by atoms with E-state index in [0.717, 1.165) is 41.8 Å². The molecular weight excluding hydrogens is 365 g/mol. The molecule has 134 valence electrons. The Labute approximate surface area is 149 Å². The van der Waals surface area contributed by atoms with E-state index in [1.807, 2.05) is 6.92 Å². The van der Waals surface area contributed by atoms with Gasteiger partial charge < -0.3 is 4.74 Å². The molecule has 0 saturated carbocycles. The van der Waals surface area contributed by atoms with Gasteiger partial charge in [-0.2, -0.15) is 0 Å². The zero-order chi connectivity index (χ0) is 18.0. The van der Waals surface area contributed by atoms with Crippen molar-refractivity contribution in [3.05, 3.63) is 46.1 Å². The van der Waals surface area contributed by atoms with Gasteiger partial charge in [0.25, 0.3) is 10.0 Å². The summed E-state index contributed by atoms with van der Waals surface area (Å²) in [4.78, 5) is 13.4. The minimum absolute atomic E-state index is 0.0599. The van der Waals surface area contributed by atoms with E-state index in [9.17, 15) is 17.6 Å². The number of sulfonamides is 1. The zero-order valence-electron chi connectivity index (χ0n) is 13.7. The minimum atomic E-state index is -3.91. The molecule has 25 heavy (non-hydrogen) atoms. The number of fused-ring (bicyclic) bond motifs is 1. The summed E-state index contributed by atoms with van der Waals surface area (Å²) in [6.45, 7) is 2.18. The third-order valence-corrected chi connectivity index (χ3v) is 6.62. The second-order valence-electron chi connectivity index (χ2n) is 5.76. The standard InChI is InChI=1S/C17H18FNO4S2/c1-2-10-23-17(20)15-13-4-3-5-14(13)24-16(15)19-25(21,22)12-8-6-11(18)7-9-12/h6-9,19H,2-5,10H2,1H3. The lowest BCUT2D eigenvalue weighted by Gasteiger charge is -2.10. The first-order chi connectivity index (χ1) is 11.9. The van der Waals surface area contributed by atoms with Crippen molar-refractivity contribution in [2.75, 3.05) is 11.3 Å². The Kier molecular flexibility index (Phi) is 5.10. The monoisotopic (exact) mass is 383 g/mol. The van der Waals surface area contributed by atoms with Crippen LogP contribution in [-0.2, 0) is 27.6 Å². The molecule has 2 aromatic rings.